The lowest BCUT2D eigenvalue weighted by Gasteiger charge is -2.15. The molecule has 2 rings (SSSR count). The maximum Gasteiger partial charge on any atom is 0.260 e. The average Bonchev–Trinajstić information content (AvgIpc) is 2.55. The fourth-order valence-electron chi connectivity index (χ4n) is 1.79. The summed E-state index contributed by atoms with van der Waals surface area (Å²) in [5.74, 6) is 1.09. The van der Waals surface area contributed by atoms with E-state index in [0.717, 1.165) is 0 Å². The molecule has 0 saturated carbocycles. The predicted octanol–water partition coefficient (Wildman–Crippen LogP) is 3.96. The van der Waals surface area contributed by atoms with Gasteiger partial charge in [-0.3, -0.25) is 4.79 Å². The molecule has 122 valence electrons. The highest BCUT2D eigenvalue weighted by Gasteiger charge is 2.13. The smallest absolute Gasteiger partial charge is 0.260 e. The zero-order chi connectivity index (χ0) is 16.7. The summed E-state index contributed by atoms with van der Waals surface area (Å²) in [5, 5.41) is 4.03. The molecule has 0 saturated heterocycles. The number of carbonyl (C=O) groups excluding carboxylic acids is 1. The summed E-state index contributed by atoms with van der Waals surface area (Å²) < 4.78 is 11.0. The van der Waals surface area contributed by atoms with Gasteiger partial charge in [0.25, 0.3) is 5.91 Å². The molecule has 0 spiro atoms. The lowest BCUT2D eigenvalue weighted by Crippen LogP contribution is -2.38. The Morgan fingerprint density at radius 1 is 1.00 bits per heavy atom. The largest absolute Gasteiger partial charge is 0.492 e. The molecule has 6 heteroatoms. The second-order valence-electron chi connectivity index (χ2n) is 4.81. The normalized spacial score (nSPS) is 11.6. The van der Waals surface area contributed by atoms with Crippen LogP contribution in [0.4, 0.5) is 0 Å². The van der Waals surface area contributed by atoms with E-state index in [1.807, 2.05) is 0 Å². The molecule has 0 aromatic heterocycles. The first-order chi connectivity index (χ1) is 11.0. The van der Waals surface area contributed by atoms with Crippen LogP contribution in [0.25, 0.3) is 0 Å². The topological polar surface area (TPSA) is 47.6 Å². The predicted molar refractivity (Wildman–Crippen MR) is 91.5 cm³/mol. The van der Waals surface area contributed by atoms with E-state index in [2.05, 4.69) is 5.32 Å². The Kier molecular flexibility index (Phi) is 6.56. The van der Waals surface area contributed by atoms with Crippen LogP contribution in [0.5, 0.6) is 11.5 Å². The van der Waals surface area contributed by atoms with E-state index < -0.39 is 6.10 Å². The van der Waals surface area contributed by atoms with Crippen LogP contribution >= 0.6 is 23.2 Å². The highest BCUT2D eigenvalue weighted by molar-refractivity contribution is 6.30. The van der Waals surface area contributed by atoms with Crippen molar-refractivity contribution in [3.63, 3.8) is 0 Å². The average molecular weight is 354 g/mol. The molecular weight excluding hydrogens is 337 g/mol. The van der Waals surface area contributed by atoms with Crippen LogP contribution in [0.1, 0.15) is 6.92 Å². The fraction of sp³-hybridized carbons (Fsp3) is 0.235. The molecular formula is C17H17Cl2NO3. The number of nitrogens with one attached hydrogen (secondary N) is 1. The quantitative estimate of drug-likeness (QED) is 0.766. The highest BCUT2D eigenvalue weighted by Crippen LogP contribution is 2.17. The molecule has 0 unspecified atom stereocenters. The number of benzene rings is 2. The lowest BCUT2D eigenvalue weighted by molar-refractivity contribution is -0.127. The third-order valence-corrected chi connectivity index (χ3v) is 3.48. The third-order valence-electron chi connectivity index (χ3n) is 2.98. The maximum absolute atomic E-state index is 11.9. The van der Waals surface area contributed by atoms with E-state index in [9.17, 15) is 4.79 Å². The third kappa shape index (κ3) is 6.00. The van der Waals surface area contributed by atoms with Gasteiger partial charge in [-0.25, -0.2) is 0 Å². The van der Waals surface area contributed by atoms with Gasteiger partial charge < -0.3 is 14.8 Å². The van der Waals surface area contributed by atoms with Crippen molar-refractivity contribution >= 4 is 29.1 Å². The summed E-state index contributed by atoms with van der Waals surface area (Å²) in [6.45, 7) is 2.43. The fourth-order valence-corrected chi connectivity index (χ4v) is 2.04. The van der Waals surface area contributed by atoms with Gasteiger partial charge >= 0.3 is 0 Å². The van der Waals surface area contributed by atoms with Gasteiger partial charge in [-0.15, -0.1) is 0 Å². The summed E-state index contributed by atoms with van der Waals surface area (Å²) in [7, 11) is 0. The minimum atomic E-state index is -0.605. The standard InChI is InChI=1S/C17H17Cl2NO3/c1-12(23-16-8-4-14(19)5-9-16)17(21)20-10-11-22-15-6-2-13(18)3-7-15/h2-9,12H,10-11H2,1H3,(H,20,21)/t12-/m0/s1. The number of halogens is 2. The van der Waals surface area contributed by atoms with Crippen LogP contribution in [0.15, 0.2) is 48.5 Å². The van der Waals surface area contributed by atoms with Gasteiger partial charge in [0.05, 0.1) is 6.54 Å². The molecule has 1 N–H and O–H groups in total. The zero-order valence-electron chi connectivity index (χ0n) is 12.6. The Balaban J connectivity index is 1.69. The molecule has 4 nitrogen and oxygen atoms in total. The summed E-state index contributed by atoms with van der Waals surface area (Å²) in [5.41, 5.74) is 0. The van der Waals surface area contributed by atoms with Gasteiger partial charge in [0, 0.05) is 10.0 Å². The Morgan fingerprint density at radius 3 is 2.09 bits per heavy atom. The number of carbonyl (C=O) groups is 1. The molecule has 23 heavy (non-hydrogen) atoms. The van der Waals surface area contributed by atoms with E-state index >= 15 is 0 Å². The second-order valence-corrected chi connectivity index (χ2v) is 5.68. The Bertz CT molecular complexity index is 629. The maximum atomic E-state index is 11.9. The van der Waals surface area contributed by atoms with Gasteiger partial charge in [0.1, 0.15) is 18.1 Å². The van der Waals surface area contributed by atoms with Crippen LogP contribution in [0.2, 0.25) is 10.0 Å². The molecule has 0 bridgehead atoms. The molecule has 1 atom stereocenters. The lowest BCUT2D eigenvalue weighted by atomic mass is 10.3. The second kappa shape index (κ2) is 8.65. The van der Waals surface area contributed by atoms with Crippen LogP contribution in [-0.4, -0.2) is 25.2 Å². The van der Waals surface area contributed by atoms with Gasteiger partial charge in [0.15, 0.2) is 6.10 Å². The van der Waals surface area contributed by atoms with E-state index in [1.165, 1.54) is 0 Å². The SMILES string of the molecule is C[C@H](Oc1ccc(Cl)cc1)C(=O)NCCOc1ccc(Cl)cc1. The van der Waals surface area contributed by atoms with Crippen molar-refractivity contribution in [2.45, 2.75) is 13.0 Å². The van der Waals surface area contributed by atoms with Gasteiger partial charge in [-0.1, -0.05) is 23.2 Å². The summed E-state index contributed by atoms with van der Waals surface area (Å²) >= 11 is 11.6. The number of rotatable bonds is 7. The Hall–Kier alpha value is -1.91. The molecule has 2 aromatic carbocycles. The summed E-state index contributed by atoms with van der Waals surface area (Å²) in [6, 6.07) is 13.9. The van der Waals surface area contributed by atoms with Crippen molar-refractivity contribution in [3.05, 3.63) is 58.6 Å². The zero-order valence-corrected chi connectivity index (χ0v) is 14.1. The number of ether oxygens (including phenoxy) is 2. The van der Waals surface area contributed by atoms with Crippen LogP contribution < -0.4 is 14.8 Å². The first-order valence-electron chi connectivity index (χ1n) is 7.13. The Morgan fingerprint density at radius 2 is 1.52 bits per heavy atom. The van der Waals surface area contributed by atoms with Gasteiger partial charge in [-0.2, -0.15) is 0 Å². The first-order valence-corrected chi connectivity index (χ1v) is 7.88. The van der Waals surface area contributed by atoms with Gasteiger partial charge in [0.2, 0.25) is 0 Å². The van der Waals surface area contributed by atoms with Crippen LogP contribution in [0.3, 0.4) is 0 Å². The Labute approximate surface area is 145 Å². The van der Waals surface area contributed by atoms with E-state index in [-0.39, 0.29) is 5.91 Å². The van der Waals surface area contributed by atoms with Gasteiger partial charge in [-0.05, 0) is 55.5 Å². The number of hydrogen-bond acceptors (Lipinski definition) is 3. The van der Waals surface area contributed by atoms with Crippen LogP contribution in [0, 0.1) is 0 Å². The molecule has 0 aliphatic carbocycles. The van der Waals surface area contributed by atoms with Crippen molar-refractivity contribution in [2.24, 2.45) is 0 Å². The van der Waals surface area contributed by atoms with Crippen LogP contribution in [-0.2, 0) is 4.79 Å². The molecule has 0 fully saturated rings. The summed E-state index contributed by atoms with van der Waals surface area (Å²) in [4.78, 5) is 11.9. The summed E-state index contributed by atoms with van der Waals surface area (Å²) in [6.07, 6.45) is -0.605. The first kappa shape index (κ1) is 17.4. The van der Waals surface area contributed by atoms with Crippen molar-refractivity contribution in [2.75, 3.05) is 13.2 Å². The molecule has 0 aliphatic rings. The molecule has 1 amide bonds. The van der Waals surface area contributed by atoms with E-state index in [1.54, 1.807) is 55.5 Å². The van der Waals surface area contributed by atoms with E-state index in [4.69, 9.17) is 32.7 Å². The molecule has 0 aliphatic heterocycles. The number of hydrogen-bond donors (Lipinski definition) is 1. The number of amides is 1. The van der Waals surface area contributed by atoms with E-state index in [0.29, 0.717) is 34.7 Å². The minimum absolute atomic E-state index is 0.209. The van der Waals surface area contributed by atoms with Crippen molar-refractivity contribution in [1.82, 2.24) is 5.32 Å². The van der Waals surface area contributed by atoms with Crippen molar-refractivity contribution in [1.29, 1.82) is 0 Å². The molecule has 0 radical (unpaired) electrons. The minimum Gasteiger partial charge on any atom is -0.492 e. The molecule has 2 aromatic rings. The van der Waals surface area contributed by atoms with Crippen molar-refractivity contribution < 1.29 is 14.3 Å². The van der Waals surface area contributed by atoms with Crippen molar-refractivity contribution in [3.8, 4) is 11.5 Å². The monoisotopic (exact) mass is 353 g/mol. The molecule has 0 heterocycles. The highest BCUT2D eigenvalue weighted by atomic mass is 35.5.